The number of benzene rings is 14. The third kappa shape index (κ3) is 9.10. The molecule has 0 saturated heterocycles. The van der Waals surface area contributed by atoms with Crippen molar-refractivity contribution < 1.29 is 21.9 Å². The Bertz CT molecular complexity index is 7000. The Morgan fingerprint density at radius 1 is 0.310 bits per heavy atom. The normalized spacial score (nSPS) is 15.1. The number of nitrogens with zero attached hydrogens (tertiary/aromatic N) is 6. The zero-order chi connectivity index (χ0) is 81.2. The lowest BCUT2D eigenvalue weighted by Gasteiger charge is -2.45. The zero-order valence-corrected chi connectivity index (χ0v) is 55.5. The molecule has 0 fully saturated rings. The minimum absolute atomic E-state index is 0.101. The largest absolute Gasteiger partial charge is 0.311 e. The van der Waals surface area contributed by atoms with Crippen LogP contribution in [0.1, 0.15) is 80.2 Å². The molecule has 14 aromatic carbocycles. The maximum atomic E-state index is 12.5. The van der Waals surface area contributed by atoms with E-state index in [2.05, 4.69) is 129 Å². The molecule has 0 spiro atoms. The number of hydrogen-bond acceptors (Lipinski definition) is 3. The van der Waals surface area contributed by atoms with Crippen molar-refractivity contribution in [1.82, 2.24) is 13.7 Å². The van der Waals surface area contributed by atoms with Gasteiger partial charge in [-0.1, -0.05) is 254 Å². The van der Waals surface area contributed by atoms with Gasteiger partial charge >= 0.3 is 0 Å². The molecule has 0 atom stereocenters. The van der Waals surface area contributed by atoms with Crippen LogP contribution in [0.5, 0.6) is 0 Å². The molecule has 2 aliphatic rings. The summed E-state index contributed by atoms with van der Waals surface area (Å²) in [5.74, 6) is 0. The molecule has 5 heterocycles. The second-order valence-corrected chi connectivity index (χ2v) is 28.0. The number of para-hydroxylation sites is 6. The van der Waals surface area contributed by atoms with Gasteiger partial charge in [-0.2, -0.15) is 5.26 Å². The van der Waals surface area contributed by atoms with Crippen molar-refractivity contribution in [1.29, 1.82) is 5.26 Å². The molecule has 0 saturated carbocycles. The first-order chi connectivity index (χ1) is 55.5. The molecule has 0 aliphatic carbocycles. The Labute approximate surface area is 605 Å². The van der Waals surface area contributed by atoms with Crippen molar-refractivity contribution in [3.05, 3.63) is 326 Å². The van der Waals surface area contributed by atoms with Gasteiger partial charge in [-0.25, -0.2) is 0 Å². The van der Waals surface area contributed by atoms with E-state index in [0.717, 1.165) is 71.8 Å². The van der Waals surface area contributed by atoms with Gasteiger partial charge in [0.1, 0.15) is 11.6 Å². The lowest BCUT2D eigenvalue weighted by molar-refractivity contribution is 0.569. The third-order valence-corrected chi connectivity index (χ3v) is 20.2. The van der Waals surface area contributed by atoms with Gasteiger partial charge in [-0.05, 0) is 169 Å². The fourth-order valence-corrected chi connectivity index (χ4v) is 15.5. The number of hydrogen-bond donors (Lipinski definition) is 0. The van der Waals surface area contributed by atoms with Crippen LogP contribution in [0.4, 0.5) is 34.1 Å². The highest BCUT2D eigenvalue weighted by molar-refractivity contribution is 7.00. The van der Waals surface area contributed by atoms with Crippen LogP contribution in [0.2, 0.25) is 0 Å². The molecule has 0 radical (unpaired) electrons. The van der Waals surface area contributed by atoms with Gasteiger partial charge in [0.05, 0.1) is 72.1 Å². The molecule has 19 rings (SSSR count). The predicted octanol–water partition coefficient (Wildman–Crippen LogP) is 22.5. The zero-order valence-electron chi connectivity index (χ0n) is 71.5. The molecular weight excluding hydrogens is 1210 g/mol. The van der Waals surface area contributed by atoms with Gasteiger partial charge < -0.3 is 23.5 Å². The summed E-state index contributed by atoms with van der Waals surface area (Å²) in [4.78, 5) is 4.16. The minimum atomic E-state index is -0.821. The fraction of sp³-hybridized carbons (Fsp3) is 0.0860. The van der Waals surface area contributed by atoms with E-state index in [0.29, 0.717) is 50.7 Å². The summed E-state index contributed by atoms with van der Waals surface area (Å²) in [6, 6.07) is 64.2. The monoisotopic (exact) mass is 1300 g/mol. The van der Waals surface area contributed by atoms with Crippen molar-refractivity contribution in [3.63, 3.8) is 0 Å². The maximum absolute atomic E-state index is 12.5. The molecule has 0 bridgehead atoms. The Morgan fingerprint density at radius 3 is 1.27 bits per heavy atom. The van der Waals surface area contributed by atoms with Crippen molar-refractivity contribution in [2.24, 2.45) is 0 Å². The summed E-state index contributed by atoms with van der Waals surface area (Å²) in [5, 5.41) is 13.9. The topological polar surface area (TPSA) is 45.1 Å². The number of anilines is 6. The first-order valence-electron chi connectivity index (χ1n) is 41.5. The average Bonchev–Trinajstić information content (AvgIpc) is 1.20. The van der Waals surface area contributed by atoms with Gasteiger partial charge in [0.2, 0.25) is 0 Å². The van der Waals surface area contributed by atoms with Crippen molar-refractivity contribution in [2.45, 2.75) is 52.4 Å². The van der Waals surface area contributed by atoms with Crippen molar-refractivity contribution in [2.75, 3.05) is 9.80 Å². The average molecular weight is 1300 g/mol. The lowest BCUT2D eigenvalue weighted by Crippen LogP contribution is -2.61. The van der Waals surface area contributed by atoms with E-state index in [1.807, 2.05) is 140 Å². The second kappa shape index (κ2) is 22.3. The molecule has 6 nitrogen and oxygen atoms in total. The van der Waals surface area contributed by atoms with Gasteiger partial charge in [0, 0.05) is 66.4 Å². The first kappa shape index (κ1) is 44.5. The maximum Gasteiger partial charge on any atom is 0.252 e. The number of rotatable bonds is 8. The molecular formula is C93H69BN6. The van der Waals surface area contributed by atoms with E-state index >= 15 is 0 Å². The van der Waals surface area contributed by atoms with E-state index in [1.54, 1.807) is 6.07 Å². The van der Waals surface area contributed by atoms with Crippen LogP contribution in [0, 0.1) is 11.3 Å². The Balaban J connectivity index is 1.03. The lowest BCUT2D eigenvalue weighted by atomic mass is 9.33. The standard InChI is InChI=1S/C93H69BN6/c1-92(2,3)65-49-64(50-66(54-65)93(4,5)6)61-44-46-77-87(53-61)100(86-43-25-42-85(76(86)58-95)99-83-40-23-17-34-74(83)75-35-18-24-41-84(75)99)90-57-69(97-81-38-21-15-32-72(81)73-33-16-22-39-82(73)97)56-89-91(90)94(77)78-47-45-67(96-79-36-19-13-30-70(79)71-31-14-20-37-80(71)96)55-88(78)98(89)68-51-62(59-26-9-7-10-27-59)48-63(52-68)60-28-11-8-12-29-60/h7-57H,1-6H3/i13D,14D,15D,16D,19D,20D,21D,22D,30D,31D,32D,33D,36D,37D,38D,39D. The Hall–Kier alpha value is -12.4. The van der Waals surface area contributed by atoms with Gasteiger partial charge in [-0.15, -0.1) is 0 Å². The van der Waals surface area contributed by atoms with Gasteiger partial charge in [0.25, 0.3) is 6.71 Å². The fourth-order valence-electron chi connectivity index (χ4n) is 15.5. The first-order valence-corrected chi connectivity index (χ1v) is 33.5. The van der Waals surface area contributed by atoms with Crippen molar-refractivity contribution in [3.8, 4) is 56.5 Å². The second-order valence-electron chi connectivity index (χ2n) is 28.0. The summed E-state index contributed by atoms with van der Waals surface area (Å²) in [6.45, 7) is 12.3. The molecule has 7 heteroatoms. The SMILES string of the molecule is [2H]c1c([2H])c([2H])c2c(c1[2H])c1c([2H])c([2H])c([2H])c([2H])c1n2-c1ccc2c(c1)N(c1cc(-c3ccccc3)cc(-c3ccccc3)c1)c1cc(-n3c4c([2H])c([2H])c([2H])c([2H])c4c4c([2H])c([2H])c([2H])c([2H])c43)cc3c1B2c1ccc(-c2cc(C(C)(C)C)cc(C(C)(C)C)c2)cc1N3c1cccc(-n2c3ccccc3c3ccccc32)c1C#N. The van der Waals surface area contributed by atoms with Crippen LogP contribution in [-0.2, 0) is 10.8 Å². The molecule has 474 valence electrons. The quantitative estimate of drug-likeness (QED) is 0.142. The Morgan fingerprint density at radius 2 is 0.750 bits per heavy atom. The van der Waals surface area contributed by atoms with Crippen LogP contribution in [0.3, 0.4) is 0 Å². The summed E-state index contributed by atoms with van der Waals surface area (Å²) < 4.78 is 157. The van der Waals surface area contributed by atoms with Crippen LogP contribution >= 0.6 is 0 Å². The third-order valence-electron chi connectivity index (χ3n) is 20.2. The minimum Gasteiger partial charge on any atom is -0.311 e. The molecule has 0 N–H and O–H groups in total. The highest BCUT2D eigenvalue weighted by Crippen LogP contribution is 2.51. The molecule has 3 aromatic heterocycles. The number of fused-ring (bicyclic) bond motifs is 13. The van der Waals surface area contributed by atoms with Crippen LogP contribution in [0.25, 0.3) is 116 Å². The van der Waals surface area contributed by atoms with E-state index in [9.17, 15) is 24.5 Å². The summed E-state index contributed by atoms with van der Waals surface area (Å²) >= 11 is 0. The molecule has 0 unspecified atom stereocenters. The molecule has 100 heavy (non-hydrogen) atoms. The van der Waals surface area contributed by atoms with E-state index in [4.69, 9.17) is 2.74 Å². The van der Waals surface area contributed by atoms with E-state index < -0.39 is 103 Å². The van der Waals surface area contributed by atoms with Crippen LogP contribution < -0.4 is 26.2 Å². The van der Waals surface area contributed by atoms with E-state index in [1.165, 1.54) is 9.13 Å². The van der Waals surface area contributed by atoms with Crippen LogP contribution in [-0.4, -0.2) is 20.4 Å². The van der Waals surface area contributed by atoms with Gasteiger partial charge in [-0.3, -0.25) is 0 Å². The van der Waals surface area contributed by atoms with Crippen molar-refractivity contribution >= 4 is 123 Å². The molecule has 17 aromatic rings. The smallest absolute Gasteiger partial charge is 0.252 e. The highest BCUT2D eigenvalue weighted by atomic mass is 15.2. The van der Waals surface area contributed by atoms with Crippen LogP contribution in [0.15, 0.2) is 309 Å². The molecule has 2 aliphatic heterocycles. The predicted molar refractivity (Wildman–Crippen MR) is 422 cm³/mol. The van der Waals surface area contributed by atoms with E-state index in [-0.39, 0.29) is 71.4 Å². The number of aromatic nitrogens is 3. The number of nitriles is 1. The van der Waals surface area contributed by atoms with Gasteiger partial charge in [0.15, 0.2) is 0 Å². The Kier molecular flexibility index (Phi) is 9.93. The molecule has 0 amide bonds. The summed E-state index contributed by atoms with van der Waals surface area (Å²) in [7, 11) is 0. The summed E-state index contributed by atoms with van der Waals surface area (Å²) in [6.07, 6.45) is 0. The highest BCUT2D eigenvalue weighted by Gasteiger charge is 2.45. The summed E-state index contributed by atoms with van der Waals surface area (Å²) in [5.41, 5.74) is 14.0.